The molecule has 0 atom stereocenters. The van der Waals surface area contributed by atoms with E-state index in [4.69, 9.17) is 15.3 Å². The lowest BCUT2D eigenvalue weighted by atomic mass is 10.2. The summed E-state index contributed by atoms with van der Waals surface area (Å²) in [7, 11) is 0. The molecular formula is C20H18F2N4O4. The van der Waals surface area contributed by atoms with Gasteiger partial charge in [0, 0.05) is 24.4 Å². The number of nitrogens with one attached hydrogen (secondary N) is 2. The predicted molar refractivity (Wildman–Crippen MR) is 104 cm³/mol. The first kappa shape index (κ1) is 20.9. The van der Waals surface area contributed by atoms with E-state index in [0.29, 0.717) is 24.2 Å². The summed E-state index contributed by atoms with van der Waals surface area (Å²) >= 11 is 0. The molecule has 5 N–H and O–H groups in total. The van der Waals surface area contributed by atoms with Gasteiger partial charge in [0.25, 0.3) is 11.8 Å². The van der Waals surface area contributed by atoms with Gasteiger partial charge in [-0.25, -0.2) is 13.8 Å². The number of hydrogen-bond donors (Lipinski definition) is 4. The van der Waals surface area contributed by atoms with Crippen molar-refractivity contribution in [3.05, 3.63) is 65.4 Å². The number of aliphatic hydroxyl groups excluding tert-OH is 1. The van der Waals surface area contributed by atoms with Crippen molar-refractivity contribution < 1.29 is 27.9 Å². The van der Waals surface area contributed by atoms with E-state index in [2.05, 4.69) is 15.6 Å². The number of nitrogens with zero attached hydrogens (tertiary/aromatic N) is 1. The van der Waals surface area contributed by atoms with Gasteiger partial charge in [-0.15, -0.1) is 0 Å². The average Bonchev–Trinajstić information content (AvgIpc) is 3.12. The number of hydrogen-bond acceptors (Lipinski definition) is 6. The smallest absolute Gasteiger partial charge is 0.273 e. The quantitative estimate of drug-likeness (QED) is 0.418. The third-order valence-corrected chi connectivity index (χ3v) is 4.06. The summed E-state index contributed by atoms with van der Waals surface area (Å²) in [4.78, 5) is 27.5. The van der Waals surface area contributed by atoms with Crippen LogP contribution in [0.25, 0.3) is 11.5 Å². The molecular weight excluding hydrogens is 398 g/mol. The molecule has 156 valence electrons. The maximum Gasteiger partial charge on any atom is 0.273 e. The van der Waals surface area contributed by atoms with Crippen LogP contribution in [0.2, 0.25) is 0 Å². The van der Waals surface area contributed by atoms with Crippen molar-refractivity contribution in [3.63, 3.8) is 0 Å². The van der Waals surface area contributed by atoms with E-state index in [1.807, 2.05) is 0 Å². The molecule has 1 aromatic heterocycles. The van der Waals surface area contributed by atoms with E-state index in [1.54, 1.807) is 0 Å². The van der Waals surface area contributed by atoms with Crippen molar-refractivity contribution in [2.45, 2.75) is 6.42 Å². The number of nitrogens with two attached hydrogens (primary N) is 1. The fraction of sp³-hybridized carbons (Fsp3) is 0.150. The summed E-state index contributed by atoms with van der Waals surface area (Å²) in [6.07, 6.45) is 0.442. The molecule has 0 radical (unpaired) electrons. The number of halogens is 2. The Morgan fingerprint density at radius 1 is 1.10 bits per heavy atom. The van der Waals surface area contributed by atoms with Gasteiger partial charge < -0.3 is 25.9 Å². The van der Waals surface area contributed by atoms with Crippen molar-refractivity contribution >= 4 is 23.4 Å². The van der Waals surface area contributed by atoms with E-state index in [1.165, 1.54) is 30.3 Å². The van der Waals surface area contributed by atoms with E-state index in [9.17, 15) is 18.4 Å². The fourth-order valence-corrected chi connectivity index (χ4v) is 2.60. The maximum absolute atomic E-state index is 14.0. The number of benzene rings is 2. The number of oxazole rings is 1. The Balaban J connectivity index is 1.83. The molecule has 0 saturated heterocycles. The normalized spacial score (nSPS) is 10.6. The second kappa shape index (κ2) is 9.14. The van der Waals surface area contributed by atoms with E-state index < -0.39 is 29.0 Å². The Bertz CT molecular complexity index is 1050. The lowest BCUT2D eigenvalue weighted by Gasteiger charge is -2.07. The second-order valence-electron chi connectivity index (χ2n) is 6.19. The molecule has 0 aliphatic rings. The minimum absolute atomic E-state index is 0.0265. The van der Waals surface area contributed by atoms with Gasteiger partial charge in [0.1, 0.15) is 17.2 Å². The number of primary amides is 1. The Morgan fingerprint density at radius 2 is 1.77 bits per heavy atom. The molecule has 1 heterocycles. The molecule has 2 amide bonds. The molecule has 8 nitrogen and oxygen atoms in total. The monoisotopic (exact) mass is 416 g/mol. The molecule has 10 heteroatoms. The van der Waals surface area contributed by atoms with Crippen molar-refractivity contribution in [1.29, 1.82) is 0 Å². The number of carbonyl (C=O) groups is 2. The van der Waals surface area contributed by atoms with Gasteiger partial charge in [-0.2, -0.15) is 0 Å². The summed E-state index contributed by atoms with van der Waals surface area (Å²) < 4.78 is 33.4. The van der Waals surface area contributed by atoms with Crippen LogP contribution in [-0.4, -0.2) is 35.1 Å². The summed E-state index contributed by atoms with van der Waals surface area (Å²) in [6, 6.07) is 9.37. The van der Waals surface area contributed by atoms with Crippen LogP contribution in [0, 0.1) is 11.6 Å². The lowest BCUT2D eigenvalue weighted by molar-refractivity contribution is 0.0949. The van der Waals surface area contributed by atoms with Gasteiger partial charge >= 0.3 is 0 Å². The zero-order chi connectivity index (χ0) is 21.7. The van der Waals surface area contributed by atoms with E-state index in [0.717, 1.165) is 12.1 Å². The largest absolute Gasteiger partial charge is 0.419 e. The van der Waals surface area contributed by atoms with Crippen LogP contribution in [0.1, 0.15) is 27.3 Å². The molecule has 30 heavy (non-hydrogen) atoms. The highest BCUT2D eigenvalue weighted by Gasteiger charge is 2.23. The average molecular weight is 416 g/mol. The maximum atomic E-state index is 14.0. The first-order chi connectivity index (χ1) is 14.4. The molecule has 0 unspecified atom stereocenters. The Hall–Kier alpha value is -3.79. The standard InChI is InChI=1S/C20H18F2N4O4/c21-13-3-1-4-14(22)15(13)19-26-16(17(23)28)20(30-19)25-12-7-5-11(6-8-12)18(29)24-9-2-10-27/h1,3-8,25,27H,2,9-10H2,(H2,23,28)(H,24,29). The first-order valence-electron chi connectivity index (χ1n) is 8.92. The molecule has 2 aromatic carbocycles. The van der Waals surface area contributed by atoms with Crippen LogP contribution in [0.5, 0.6) is 0 Å². The van der Waals surface area contributed by atoms with E-state index >= 15 is 0 Å². The van der Waals surface area contributed by atoms with Gasteiger partial charge in [-0.3, -0.25) is 9.59 Å². The number of aromatic nitrogens is 1. The highest BCUT2D eigenvalue weighted by atomic mass is 19.1. The van der Waals surface area contributed by atoms with Crippen LogP contribution < -0.4 is 16.4 Å². The number of amides is 2. The van der Waals surface area contributed by atoms with Gasteiger partial charge in [0.15, 0.2) is 5.69 Å². The van der Waals surface area contributed by atoms with Crippen molar-refractivity contribution in [2.24, 2.45) is 5.73 Å². The third kappa shape index (κ3) is 4.61. The van der Waals surface area contributed by atoms with Gasteiger partial charge in [0.05, 0.1) is 0 Å². The van der Waals surface area contributed by atoms with Crippen molar-refractivity contribution in [2.75, 3.05) is 18.5 Å². The fourth-order valence-electron chi connectivity index (χ4n) is 2.60. The van der Waals surface area contributed by atoms with Crippen LogP contribution >= 0.6 is 0 Å². The summed E-state index contributed by atoms with van der Waals surface area (Å²) in [5, 5.41) is 14.2. The summed E-state index contributed by atoms with van der Waals surface area (Å²) in [5.41, 5.74) is 5.23. The van der Waals surface area contributed by atoms with Crippen LogP contribution in [0.15, 0.2) is 46.9 Å². The number of carbonyl (C=O) groups excluding carboxylic acids is 2. The van der Waals surface area contributed by atoms with Gasteiger partial charge in [0.2, 0.25) is 11.8 Å². The number of anilines is 2. The van der Waals surface area contributed by atoms with Crippen LogP contribution in [-0.2, 0) is 0 Å². The predicted octanol–water partition coefficient (Wildman–Crippen LogP) is 2.57. The first-order valence-corrected chi connectivity index (χ1v) is 8.92. The molecule has 3 aromatic rings. The van der Waals surface area contributed by atoms with Crippen molar-refractivity contribution in [3.8, 4) is 11.5 Å². The van der Waals surface area contributed by atoms with Gasteiger partial charge in [-0.05, 0) is 42.8 Å². The highest BCUT2D eigenvalue weighted by Crippen LogP contribution is 2.31. The zero-order valence-electron chi connectivity index (χ0n) is 15.6. The summed E-state index contributed by atoms with van der Waals surface area (Å²) in [6.45, 7) is 0.312. The Kier molecular flexibility index (Phi) is 6.38. The number of aliphatic hydroxyl groups is 1. The van der Waals surface area contributed by atoms with Crippen molar-refractivity contribution in [1.82, 2.24) is 10.3 Å². The molecule has 0 bridgehead atoms. The van der Waals surface area contributed by atoms with Crippen LogP contribution in [0.4, 0.5) is 20.4 Å². The lowest BCUT2D eigenvalue weighted by Crippen LogP contribution is -2.24. The topological polar surface area (TPSA) is 130 Å². The highest BCUT2D eigenvalue weighted by molar-refractivity contribution is 5.97. The third-order valence-electron chi connectivity index (χ3n) is 4.06. The Labute approximate surface area is 169 Å². The summed E-state index contributed by atoms with van der Waals surface area (Å²) in [5.74, 6) is -3.72. The Morgan fingerprint density at radius 3 is 2.37 bits per heavy atom. The van der Waals surface area contributed by atoms with Crippen LogP contribution in [0.3, 0.4) is 0 Å². The minimum Gasteiger partial charge on any atom is -0.419 e. The molecule has 3 rings (SSSR count). The second-order valence-corrected chi connectivity index (χ2v) is 6.19. The molecule has 0 aliphatic heterocycles. The number of rotatable bonds is 8. The SMILES string of the molecule is NC(=O)c1nc(-c2c(F)cccc2F)oc1Nc1ccc(C(=O)NCCCO)cc1. The molecule has 0 aliphatic carbocycles. The molecule has 0 fully saturated rings. The van der Waals surface area contributed by atoms with E-state index in [-0.39, 0.29) is 24.1 Å². The minimum atomic E-state index is -0.955. The zero-order valence-corrected chi connectivity index (χ0v) is 15.6. The molecule has 0 saturated carbocycles. The van der Waals surface area contributed by atoms with Gasteiger partial charge in [-0.1, -0.05) is 6.07 Å². The molecule has 0 spiro atoms.